The number of pyridine rings is 1. The van der Waals surface area contributed by atoms with Gasteiger partial charge in [0.1, 0.15) is 11.4 Å². The summed E-state index contributed by atoms with van der Waals surface area (Å²) in [5.41, 5.74) is -0.127. The van der Waals surface area contributed by atoms with Crippen molar-refractivity contribution in [3.8, 4) is 0 Å². The molecule has 3 aromatic rings. The molecule has 0 spiro atoms. The topological polar surface area (TPSA) is 80.0 Å². The maximum Gasteiger partial charge on any atom is 0.433 e. The van der Waals surface area contributed by atoms with Gasteiger partial charge in [-0.3, -0.25) is 9.48 Å². The van der Waals surface area contributed by atoms with Crippen molar-refractivity contribution in [2.75, 3.05) is 18.2 Å². The number of benzene rings is 1. The second-order valence-corrected chi connectivity index (χ2v) is 8.79. The molecule has 0 radical (unpaired) electrons. The number of amides is 1. The predicted octanol–water partition coefficient (Wildman–Crippen LogP) is 5.15. The van der Waals surface area contributed by atoms with Crippen molar-refractivity contribution < 1.29 is 23.1 Å². The number of aliphatic hydroxyl groups excluding tert-OH is 1. The lowest BCUT2D eigenvalue weighted by atomic mass is 9.87. The molecule has 0 bridgehead atoms. The fraction of sp³-hybridized carbons (Fsp3) is 0.409. The third-order valence-corrected chi connectivity index (χ3v) is 6.59. The largest absolute Gasteiger partial charge is 0.433 e. The molecule has 1 fully saturated rings. The summed E-state index contributed by atoms with van der Waals surface area (Å²) in [6.45, 7) is 0.217. The molecule has 1 aromatic carbocycles. The molecule has 1 aliphatic carbocycles. The van der Waals surface area contributed by atoms with Crippen LogP contribution in [-0.2, 0) is 6.18 Å². The van der Waals surface area contributed by atoms with E-state index in [0.29, 0.717) is 11.6 Å². The number of aromatic nitrogens is 3. The lowest BCUT2D eigenvalue weighted by Gasteiger charge is -2.27. The Morgan fingerprint density at radius 2 is 2.00 bits per heavy atom. The van der Waals surface area contributed by atoms with E-state index in [1.54, 1.807) is 6.07 Å². The van der Waals surface area contributed by atoms with Gasteiger partial charge in [-0.05, 0) is 62.1 Å². The van der Waals surface area contributed by atoms with E-state index in [1.807, 2.05) is 23.2 Å². The Bertz CT molecular complexity index is 1120. The molecule has 32 heavy (non-hydrogen) atoms. The van der Waals surface area contributed by atoms with Crippen molar-refractivity contribution in [1.82, 2.24) is 14.8 Å². The van der Waals surface area contributed by atoms with Gasteiger partial charge in [-0.1, -0.05) is 6.07 Å². The molecule has 2 aromatic heterocycles. The third kappa shape index (κ3) is 4.75. The van der Waals surface area contributed by atoms with Crippen LogP contribution in [0.25, 0.3) is 10.9 Å². The zero-order chi connectivity index (χ0) is 22.9. The monoisotopic (exact) mass is 464 g/mol. The lowest BCUT2D eigenvalue weighted by Crippen LogP contribution is -2.20. The first-order valence-corrected chi connectivity index (χ1v) is 11.5. The van der Waals surface area contributed by atoms with Crippen LogP contribution in [0.5, 0.6) is 0 Å². The quantitative estimate of drug-likeness (QED) is 0.511. The number of anilines is 1. The smallest absolute Gasteiger partial charge is 0.396 e. The summed E-state index contributed by atoms with van der Waals surface area (Å²) < 4.78 is 40.7. The number of aliphatic hydroxyl groups is 1. The molecule has 2 heterocycles. The third-order valence-electron chi connectivity index (χ3n) is 5.81. The minimum Gasteiger partial charge on any atom is -0.396 e. The fourth-order valence-electron chi connectivity index (χ4n) is 4.02. The van der Waals surface area contributed by atoms with Gasteiger partial charge in [0.15, 0.2) is 0 Å². The van der Waals surface area contributed by atoms with Crippen LogP contribution >= 0.6 is 11.8 Å². The number of halogens is 3. The highest BCUT2D eigenvalue weighted by atomic mass is 32.2. The van der Waals surface area contributed by atoms with Gasteiger partial charge in [0.05, 0.1) is 17.2 Å². The van der Waals surface area contributed by atoms with Crippen LogP contribution in [0, 0.1) is 5.92 Å². The Morgan fingerprint density at radius 3 is 2.66 bits per heavy atom. The molecule has 6 nitrogen and oxygen atoms in total. The van der Waals surface area contributed by atoms with E-state index in [9.17, 15) is 23.1 Å². The number of thioether (sulfide) groups is 1. The van der Waals surface area contributed by atoms with E-state index in [2.05, 4.69) is 10.3 Å². The first-order valence-electron chi connectivity index (χ1n) is 10.3. The van der Waals surface area contributed by atoms with Crippen molar-refractivity contribution in [3.05, 3.63) is 47.9 Å². The summed E-state index contributed by atoms with van der Waals surface area (Å²) in [5.74, 6) is -0.355. The second kappa shape index (κ2) is 9.11. The van der Waals surface area contributed by atoms with Crippen molar-refractivity contribution in [3.63, 3.8) is 0 Å². The molecule has 10 heteroatoms. The Balaban J connectivity index is 1.58. The summed E-state index contributed by atoms with van der Waals surface area (Å²) >= 11 is 1.41. The van der Waals surface area contributed by atoms with Gasteiger partial charge >= 0.3 is 6.18 Å². The van der Waals surface area contributed by atoms with Gasteiger partial charge in [0, 0.05) is 23.1 Å². The summed E-state index contributed by atoms with van der Waals surface area (Å²) in [4.78, 5) is 16.8. The fourth-order valence-corrected chi connectivity index (χ4v) is 4.58. The molecule has 0 saturated heterocycles. The molecular formula is C22H23F3N4O2S. The Labute approximate surface area is 187 Å². The normalized spacial score (nSPS) is 19.3. The van der Waals surface area contributed by atoms with Crippen LogP contribution in [-0.4, -0.2) is 38.6 Å². The first kappa shape index (κ1) is 22.6. The van der Waals surface area contributed by atoms with Crippen molar-refractivity contribution in [2.45, 2.75) is 42.8 Å². The van der Waals surface area contributed by atoms with E-state index in [-0.39, 0.29) is 18.3 Å². The number of nitrogens with one attached hydrogen (secondary N) is 1. The molecule has 2 N–H and O–H groups in total. The van der Waals surface area contributed by atoms with E-state index < -0.39 is 17.8 Å². The van der Waals surface area contributed by atoms with E-state index in [4.69, 9.17) is 5.10 Å². The minimum absolute atomic E-state index is 0.217. The number of nitrogens with zero attached hydrogens (tertiary/aromatic N) is 3. The molecular weight excluding hydrogens is 441 g/mol. The molecule has 0 atom stereocenters. The van der Waals surface area contributed by atoms with Crippen LogP contribution in [0.4, 0.5) is 18.9 Å². The van der Waals surface area contributed by atoms with Gasteiger partial charge in [-0.25, -0.2) is 4.98 Å². The van der Waals surface area contributed by atoms with Gasteiger partial charge in [0.25, 0.3) is 5.91 Å². The minimum atomic E-state index is -4.62. The Hall–Kier alpha value is -2.59. The zero-order valence-corrected chi connectivity index (χ0v) is 18.2. The molecule has 1 aliphatic rings. The summed E-state index contributed by atoms with van der Waals surface area (Å²) in [6, 6.07) is 7.16. The van der Waals surface area contributed by atoms with Gasteiger partial charge in [-0.15, -0.1) is 11.8 Å². The molecule has 170 valence electrons. The molecule has 1 amide bonds. The number of alkyl halides is 3. The molecule has 4 rings (SSSR count). The molecule has 1 saturated carbocycles. The number of fused-ring (bicyclic) bond motifs is 1. The number of carbonyl (C=O) groups is 1. The summed E-state index contributed by atoms with van der Waals surface area (Å²) in [5, 5.41) is 17.6. The molecule has 0 aliphatic heterocycles. The Morgan fingerprint density at radius 1 is 1.25 bits per heavy atom. The lowest BCUT2D eigenvalue weighted by molar-refractivity contribution is -0.141. The number of carbonyl (C=O) groups excluding carboxylic acids is 1. The first-order chi connectivity index (χ1) is 15.3. The number of hydrogen-bond donors (Lipinski definition) is 2. The maximum atomic E-state index is 12.9. The van der Waals surface area contributed by atoms with Gasteiger partial charge < -0.3 is 10.4 Å². The van der Waals surface area contributed by atoms with E-state index in [0.717, 1.165) is 47.5 Å². The second-order valence-electron chi connectivity index (χ2n) is 7.94. The van der Waals surface area contributed by atoms with Crippen LogP contribution in [0.3, 0.4) is 0 Å². The highest BCUT2D eigenvalue weighted by molar-refractivity contribution is 7.98. The number of rotatable bonds is 5. The van der Waals surface area contributed by atoms with Gasteiger partial charge in [-0.2, -0.15) is 18.3 Å². The summed E-state index contributed by atoms with van der Waals surface area (Å²) in [6.07, 6.45) is 2.97. The van der Waals surface area contributed by atoms with Crippen molar-refractivity contribution in [2.24, 2.45) is 5.92 Å². The van der Waals surface area contributed by atoms with Crippen LogP contribution in [0.1, 0.15) is 47.9 Å². The number of hydrogen-bond acceptors (Lipinski definition) is 5. The standard InChI is InChI=1S/C22H23F3N4O2S/c1-32-19-10-17-14(11-29(28-17)15-7-5-13(12-30)6-8-15)9-18(19)27-21(31)16-3-2-4-20(26-16)22(23,24)25/h2-4,9-11,13,15,30H,5-8,12H2,1H3,(H,27,31). The van der Waals surface area contributed by atoms with E-state index >= 15 is 0 Å². The van der Waals surface area contributed by atoms with Crippen LogP contribution < -0.4 is 5.32 Å². The average Bonchev–Trinajstić information content (AvgIpc) is 3.21. The van der Waals surface area contributed by atoms with Crippen LogP contribution in [0.15, 0.2) is 41.4 Å². The zero-order valence-electron chi connectivity index (χ0n) is 17.4. The van der Waals surface area contributed by atoms with E-state index in [1.165, 1.54) is 23.9 Å². The molecule has 0 unspecified atom stereocenters. The highest BCUT2D eigenvalue weighted by Crippen LogP contribution is 2.35. The van der Waals surface area contributed by atoms with Crippen molar-refractivity contribution in [1.29, 1.82) is 0 Å². The average molecular weight is 465 g/mol. The SMILES string of the molecule is CSc1cc2nn(C3CCC(CO)CC3)cc2cc1NC(=O)c1cccc(C(F)(F)F)n1. The van der Waals surface area contributed by atoms with Crippen LogP contribution in [0.2, 0.25) is 0 Å². The highest BCUT2D eigenvalue weighted by Gasteiger charge is 2.33. The maximum absolute atomic E-state index is 12.9. The predicted molar refractivity (Wildman–Crippen MR) is 117 cm³/mol. The Kier molecular flexibility index (Phi) is 6.43. The van der Waals surface area contributed by atoms with Gasteiger partial charge in [0.2, 0.25) is 0 Å². The summed E-state index contributed by atoms with van der Waals surface area (Å²) in [7, 11) is 0. The van der Waals surface area contributed by atoms with Crippen molar-refractivity contribution >= 4 is 34.3 Å².